The molecule has 0 saturated heterocycles. The zero-order valence-electron chi connectivity index (χ0n) is 12.3. The smallest absolute Gasteiger partial charge is 0.315 e. The Labute approximate surface area is 128 Å². The van der Waals surface area contributed by atoms with Crippen molar-refractivity contribution in [1.29, 1.82) is 0 Å². The van der Waals surface area contributed by atoms with E-state index in [4.69, 9.17) is 9.72 Å². The summed E-state index contributed by atoms with van der Waals surface area (Å²) in [5, 5.41) is 0.994. The molecule has 21 heavy (non-hydrogen) atoms. The molecule has 4 nitrogen and oxygen atoms in total. The number of carbonyl (C=O) groups is 1. The van der Waals surface area contributed by atoms with E-state index in [-0.39, 0.29) is 11.9 Å². The Balaban J connectivity index is 1.95. The van der Waals surface area contributed by atoms with E-state index in [1.165, 1.54) is 10.4 Å². The molecule has 0 saturated carbocycles. The van der Waals surface area contributed by atoms with Crippen molar-refractivity contribution in [3.8, 4) is 10.6 Å². The van der Waals surface area contributed by atoms with Crippen LogP contribution >= 0.6 is 11.3 Å². The van der Waals surface area contributed by atoms with Crippen LogP contribution in [-0.2, 0) is 22.4 Å². The van der Waals surface area contributed by atoms with E-state index in [1.54, 1.807) is 17.5 Å². The standard InChI is InChI=1S/C16H18N2O2S/c1-3-10-9-17-8-7-11(10)15-18-14-12(16(19)20-4-2)5-6-13(14)21-15/h7-9,12H,3-6H2,1-2H3. The lowest BCUT2D eigenvalue weighted by Crippen LogP contribution is -2.14. The van der Waals surface area contributed by atoms with Crippen LogP contribution in [0.5, 0.6) is 0 Å². The molecule has 2 aromatic heterocycles. The van der Waals surface area contributed by atoms with Gasteiger partial charge < -0.3 is 4.74 Å². The summed E-state index contributed by atoms with van der Waals surface area (Å²) in [4.78, 5) is 22.2. The first kappa shape index (κ1) is 14.2. The molecular formula is C16H18N2O2S. The fraction of sp³-hybridized carbons (Fsp3) is 0.438. The minimum Gasteiger partial charge on any atom is -0.465 e. The summed E-state index contributed by atoms with van der Waals surface area (Å²) < 4.78 is 5.16. The van der Waals surface area contributed by atoms with Crippen molar-refractivity contribution < 1.29 is 9.53 Å². The van der Waals surface area contributed by atoms with E-state index in [0.29, 0.717) is 6.61 Å². The molecule has 1 unspecified atom stereocenters. The number of hydrogen-bond donors (Lipinski definition) is 0. The molecule has 3 rings (SSSR count). The minimum absolute atomic E-state index is 0.140. The Kier molecular flexibility index (Phi) is 4.01. The molecule has 0 bridgehead atoms. The lowest BCUT2D eigenvalue weighted by atomic mass is 10.1. The number of thiazole rings is 1. The number of hydrogen-bond acceptors (Lipinski definition) is 5. The maximum atomic E-state index is 12.0. The SMILES string of the molecule is CCOC(=O)C1CCc2sc(-c3ccncc3CC)nc21. The maximum absolute atomic E-state index is 12.0. The molecule has 0 fully saturated rings. The highest BCUT2D eigenvalue weighted by Crippen LogP contribution is 2.40. The third-order valence-electron chi connectivity index (χ3n) is 3.80. The second-order valence-electron chi connectivity index (χ2n) is 5.06. The van der Waals surface area contributed by atoms with Gasteiger partial charge in [0.15, 0.2) is 0 Å². The number of ether oxygens (including phenoxy) is 1. The highest BCUT2D eigenvalue weighted by Gasteiger charge is 2.33. The fourth-order valence-corrected chi connectivity index (χ4v) is 3.93. The van der Waals surface area contributed by atoms with Crippen LogP contribution in [0, 0.1) is 0 Å². The van der Waals surface area contributed by atoms with Gasteiger partial charge in [0.25, 0.3) is 0 Å². The zero-order valence-corrected chi connectivity index (χ0v) is 13.1. The summed E-state index contributed by atoms with van der Waals surface area (Å²) in [7, 11) is 0. The van der Waals surface area contributed by atoms with E-state index in [9.17, 15) is 4.79 Å². The summed E-state index contributed by atoms with van der Waals surface area (Å²) in [5.41, 5.74) is 3.25. The second kappa shape index (κ2) is 5.93. The number of rotatable bonds is 4. The molecule has 2 aromatic rings. The highest BCUT2D eigenvalue weighted by molar-refractivity contribution is 7.15. The Hall–Kier alpha value is -1.75. The van der Waals surface area contributed by atoms with Gasteiger partial charge in [-0.2, -0.15) is 0 Å². The first-order valence-electron chi connectivity index (χ1n) is 7.34. The molecule has 0 N–H and O–H groups in total. The monoisotopic (exact) mass is 302 g/mol. The Morgan fingerprint density at radius 3 is 3.10 bits per heavy atom. The number of fused-ring (bicyclic) bond motifs is 1. The number of aryl methyl sites for hydroxylation is 2. The lowest BCUT2D eigenvalue weighted by molar-refractivity contribution is -0.145. The molecule has 0 spiro atoms. The highest BCUT2D eigenvalue weighted by atomic mass is 32.1. The molecule has 0 aliphatic heterocycles. The van der Waals surface area contributed by atoms with Gasteiger partial charge in [-0.05, 0) is 37.8 Å². The van der Waals surface area contributed by atoms with E-state index in [1.807, 2.05) is 19.2 Å². The van der Waals surface area contributed by atoms with Crippen molar-refractivity contribution >= 4 is 17.3 Å². The number of pyridine rings is 1. The van der Waals surface area contributed by atoms with Crippen LogP contribution in [-0.4, -0.2) is 22.5 Å². The molecule has 2 heterocycles. The Morgan fingerprint density at radius 1 is 1.48 bits per heavy atom. The number of nitrogens with zero attached hydrogens (tertiary/aromatic N) is 2. The summed E-state index contributed by atoms with van der Waals surface area (Å²) in [6.45, 7) is 4.37. The van der Waals surface area contributed by atoms with Gasteiger partial charge >= 0.3 is 5.97 Å². The molecule has 1 atom stereocenters. The van der Waals surface area contributed by atoms with Crippen LogP contribution in [0.15, 0.2) is 18.5 Å². The van der Waals surface area contributed by atoms with Gasteiger partial charge in [-0.15, -0.1) is 11.3 Å². The summed E-state index contributed by atoms with van der Waals surface area (Å²) in [6, 6.07) is 2.01. The normalized spacial score (nSPS) is 16.8. The molecule has 0 radical (unpaired) electrons. The first-order chi connectivity index (χ1) is 10.2. The van der Waals surface area contributed by atoms with E-state index in [2.05, 4.69) is 11.9 Å². The minimum atomic E-state index is -0.183. The van der Waals surface area contributed by atoms with E-state index in [0.717, 1.165) is 35.5 Å². The topological polar surface area (TPSA) is 52.1 Å². The number of aromatic nitrogens is 2. The van der Waals surface area contributed by atoms with Crippen LogP contribution in [0.2, 0.25) is 0 Å². The maximum Gasteiger partial charge on any atom is 0.315 e. The van der Waals surface area contributed by atoms with Crippen molar-refractivity contribution in [2.24, 2.45) is 0 Å². The second-order valence-corrected chi connectivity index (χ2v) is 6.14. The average Bonchev–Trinajstić information content (AvgIpc) is 3.07. The van der Waals surface area contributed by atoms with E-state index >= 15 is 0 Å². The predicted octanol–water partition coefficient (Wildman–Crippen LogP) is 3.36. The van der Waals surface area contributed by atoms with Crippen LogP contribution in [0.4, 0.5) is 0 Å². The molecule has 1 aliphatic carbocycles. The van der Waals surface area contributed by atoms with Crippen LogP contribution in [0.25, 0.3) is 10.6 Å². The predicted molar refractivity (Wildman–Crippen MR) is 82.4 cm³/mol. The van der Waals surface area contributed by atoms with Crippen molar-refractivity contribution in [3.63, 3.8) is 0 Å². The number of esters is 1. The molecule has 0 amide bonds. The first-order valence-corrected chi connectivity index (χ1v) is 8.15. The van der Waals surface area contributed by atoms with Gasteiger partial charge in [0.2, 0.25) is 0 Å². The van der Waals surface area contributed by atoms with Crippen LogP contribution in [0.3, 0.4) is 0 Å². The van der Waals surface area contributed by atoms with Crippen molar-refractivity contribution in [2.45, 2.75) is 39.0 Å². The van der Waals surface area contributed by atoms with Gasteiger partial charge in [0, 0.05) is 22.8 Å². The lowest BCUT2D eigenvalue weighted by Gasteiger charge is -2.08. The Morgan fingerprint density at radius 2 is 2.33 bits per heavy atom. The third kappa shape index (κ3) is 2.58. The van der Waals surface area contributed by atoms with Gasteiger partial charge in [0.05, 0.1) is 12.3 Å². The van der Waals surface area contributed by atoms with Gasteiger partial charge in [-0.25, -0.2) is 4.98 Å². The average molecular weight is 302 g/mol. The molecule has 0 aromatic carbocycles. The molecule has 5 heteroatoms. The van der Waals surface area contributed by atoms with Crippen molar-refractivity contribution in [2.75, 3.05) is 6.61 Å². The van der Waals surface area contributed by atoms with Gasteiger partial charge in [-0.3, -0.25) is 9.78 Å². The van der Waals surface area contributed by atoms with Gasteiger partial charge in [-0.1, -0.05) is 6.92 Å². The molecule has 1 aliphatic rings. The largest absolute Gasteiger partial charge is 0.465 e. The van der Waals surface area contributed by atoms with E-state index < -0.39 is 0 Å². The van der Waals surface area contributed by atoms with Crippen LogP contribution in [0.1, 0.15) is 42.3 Å². The van der Waals surface area contributed by atoms with Crippen LogP contribution < -0.4 is 0 Å². The summed E-state index contributed by atoms with van der Waals surface area (Å²) >= 11 is 1.70. The molecule has 110 valence electrons. The zero-order chi connectivity index (χ0) is 14.8. The number of carbonyl (C=O) groups excluding carboxylic acids is 1. The van der Waals surface area contributed by atoms with Gasteiger partial charge in [0.1, 0.15) is 10.9 Å². The fourth-order valence-electron chi connectivity index (χ4n) is 2.73. The quantitative estimate of drug-likeness (QED) is 0.813. The van der Waals surface area contributed by atoms with Crippen molar-refractivity contribution in [3.05, 3.63) is 34.6 Å². The summed E-state index contributed by atoms with van der Waals surface area (Å²) in [5.74, 6) is -0.324. The third-order valence-corrected chi connectivity index (χ3v) is 4.97. The van der Waals surface area contributed by atoms with Crippen molar-refractivity contribution in [1.82, 2.24) is 9.97 Å². The Bertz CT molecular complexity index is 666. The summed E-state index contributed by atoms with van der Waals surface area (Å²) in [6.07, 6.45) is 6.36. The molecular weight excluding hydrogens is 284 g/mol.